The van der Waals surface area contributed by atoms with Crippen LogP contribution in [0, 0.1) is 22.6 Å². The highest BCUT2D eigenvalue weighted by Crippen LogP contribution is 2.50. The maximum atomic E-state index is 14.9. The van der Waals surface area contributed by atoms with Crippen molar-refractivity contribution in [3.05, 3.63) is 82.3 Å². The van der Waals surface area contributed by atoms with Gasteiger partial charge in [-0.1, -0.05) is 23.7 Å². The van der Waals surface area contributed by atoms with Gasteiger partial charge in [-0.15, -0.1) is 10.2 Å². The average molecular weight is 693 g/mol. The monoisotopic (exact) mass is 692 g/mol. The van der Waals surface area contributed by atoms with Gasteiger partial charge >= 0.3 is 6.18 Å². The number of likely N-dealkylation sites (tertiary alicyclic amines) is 1. The summed E-state index contributed by atoms with van der Waals surface area (Å²) in [7, 11) is 0. The SMILES string of the molecule is C[C@]1(c2ccc(Cl)cc2F)Oc2cccc(C3CCN(Cc4nc5cc(-c6nnc(C(F)(F)F)[nH]6)ncc5n4CC4(C#N)CC4)CC3)c2O1. The van der Waals surface area contributed by atoms with Crippen LogP contribution in [0.4, 0.5) is 17.6 Å². The predicted octanol–water partition coefficient (Wildman–Crippen LogP) is 7.36. The van der Waals surface area contributed by atoms with Crippen molar-refractivity contribution >= 4 is 22.6 Å². The first-order chi connectivity index (χ1) is 23.4. The minimum atomic E-state index is -4.66. The molecule has 0 bridgehead atoms. The van der Waals surface area contributed by atoms with E-state index in [9.17, 15) is 22.8 Å². The quantitative estimate of drug-likeness (QED) is 0.176. The number of hydrogen-bond donors (Lipinski definition) is 1. The smallest absolute Gasteiger partial charge is 0.444 e. The predicted molar refractivity (Wildman–Crippen MR) is 169 cm³/mol. The fourth-order valence-electron chi connectivity index (χ4n) is 6.80. The van der Waals surface area contributed by atoms with Crippen molar-refractivity contribution in [1.82, 2.24) is 34.6 Å². The zero-order chi connectivity index (χ0) is 34.1. The third-order valence-corrected chi connectivity index (χ3v) is 9.92. The molecule has 0 amide bonds. The van der Waals surface area contributed by atoms with Gasteiger partial charge in [-0.2, -0.15) is 18.4 Å². The third kappa shape index (κ3) is 5.74. The molecule has 49 heavy (non-hydrogen) atoms. The van der Waals surface area contributed by atoms with Gasteiger partial charge in [0.1, 0.15) is 17.3 Å². The number of alkyl halides is 3. The van der Waals surface area contributed by atoms with Crippen molar-refractivity contribution in [2.45, 2.75) is 63.6 Å². The number of nitrogens with zero attached hydrogens (tertiary/aromatic N) is 7. The molecule has 2 aromatic carbocycles. The third-order valence-electron chi connectivity index (χ3n) is 9.69. The first-order valence-corrected chi connectivity index (χ1v) is 16.3. The maximum absolute atomic E-state index is 14.9. The van der Waals surface area contributed by atoms with Gasteiger partial charge in [-0.25, -0.2) is 9.37 Å². The molecule has 5 aromatic rings. The maximum Gasteiger partial charge on any atom is 0.451 e. The lowest BCUT2D eigenvalue weighted by Gasteiger charge is -2.32. The molecule has 1 aliphatic carbocycles. The van der Waals surface area contributed by atoms with Gasteiger partial charge in [0.05, 0.1) is 40.8 Å². The Bertz CT molecular complexity index is 2130. The Morgan fingerprint density at radius 1 is 1.10 bits per heavy atom. The molecule has 10 nitrogen and oxygen atoms in total. The average Bonchev–Trinajstić information content (AvgIpc) is 3.35. The number of fused-ring (bicyclic) bond motifs is 2. The van der Waals surface area contributed by atoms with E-state index in [4.69, 9.17) is 26.1 Å². The van der Waals surface area contributed by atoms with Crippen molar-refractivity contribution in [1.29, 1.82) is 5.26 Å². The normalized spacial score (nSPS) is 20.5. The molecule has 1 atom stereocenters. The number of H-pyrrole nitrogens is 1. The Morgan fingerprint density at radius 2 is 1.90 bits per heavy atom. The first kappa shape index (κ1) is 31.5. The number of imidazole rings is 1. The lowest BCUT2D eigenvalue weighted by molar-refractivity contribution is -0.144. The van der Waals surface area contributed by atoms with Gasteiger partial charge < -0.3 is 19.0 Å². The summed E-state index contributed by atoms with van der Waals surface area (Å²) in [5, 5.41) is 17.0. The van der Waals surface area contributed by atoms with E-state index in [-0.39, 0.29) is 28.0 Å². The minimum Gasteiger partial charge on any atom is -0.444 e. The van der Waals surface area contributed by atoms with Crippen LogP contribution in [-0.4, -0.2) is 47.7 Å². The number of pyridine rings is 1. The van der Waals surface area contributed by atoms with E-state index in [1.54, 1.807) is 31.3 Å². The fraction of sp³-hybridized carbons (Fsp3) is 0.382. The van der Waals surface area contributed by atoms with Gasteiger partial charge in [-0.3, -0.25) is 9.88 Å². The summed E-state index contributed by atoms with van der Waals surface area (Å²) in [6.45, 7) is 4.17. The van der Waals surface area contributed by atoms with E-state index in [2.05, 4.69) is 31.1 Å². The molecule has 0 unspecified atom stereocenters. The number of nitriles is 1. The van der Waals surface area contributed by atoms with Gasteiger partial charge in [0, 0.05) is 24.1 Å². The Balaban J connectivity index is 1.01. The molecule has 0 radical (unpaired) electrons. The number of benzene rings is 2. The molecule has 3 aliphatic rings. The molecule has 15 heteroatoms. The van der Waals surface area contributed by atoms with E-state index in [0.717, 1.165) is 50.2 Å². The van der Waals surface area contributed by atoms with E-state index in [1.807, 2.05) is 22.8 Å². The summed E-state index contributed by atoms with van der Waals surface area (Å²) in [5.41, 5.74) is 2.22. The summed E-state index contributed by atoms with van der Waals surface area (Å²) in [4.78, 5) is 13.8. The molecule has 3 aromatic heterocycles. The summed E-state index contributed by atoms with van der Waals surface area (Å²) in [5.74, 6) is -1.05. The minimum absolute atomic E-state index is 0.108. The van der Waals surface area contributed by atoms with Crippen LogP contribution in [0.3, 0.4) is 0 Å². The zero-order valence-electron chi connectivity index (χ0n) is 26.2. The molecule has 1 N–H and O–H groups in total. The number of nitrogens with one attached hydrogen (secondary N) is 1. The van der Waals surface area contributed by atoms with Gasteiger partial charge in [0.15, 0.2) is 17.3 Å². The second-order valence-electron chi connectivity index (χ2n) is 13.1. The number of aromatic nitrogens is 6. The Kier molecular flexibility index (Phi) is 7.35. The molecule has 2 fully saturated rings. The van der Waals surface area contributed by atoms with Gasteiger partial charge in [0.25, 0.3) is 5.79 Å². The molecule has 5 heterocycles. The topological polar surface area (TPSA) is 118 Å². The second kappa shape index (κ2) is 11.4. The molecule has 8 rings (SSSR count). The van der Waals surface area contributed by atoms with Crippen LogP contribution in [0.1, 0.15) is 61.3 Å². The molecule has 2 aliphatic heterocycles. The number of aromatic amines is 1. The first-order valence-electron chi connectivity index (χ1n) is 15.9. The van der Waals surface area contributed by atoms with Crippen LogP contribution in [0.15, 0.2) is 48.7 Å². The van der Waals surface area contributed by atoms with Crippen LogP contribution in [0.5, 0.6) is 11.5 Å². The molecule has 252 valence electrons. The van der Waals surface area contributed by atoms with Crippen molar-refractivity contribution in [2.24, 2.45) is 5.41 Å². The van der Waals surface area contributed by atoms with Crippen LogP contribution >= 0.6 is 11.6 Å². The lowest BCUT2D eigenvalue weighted by atomic mass is 9.88. The number of para-hydroxylation sites is 1. The standard InChI is InChI=1S/C34H29ClF4N8O2/c1-32(22-6-5-20(35)13-23(22)36)48-27-4-2-3-21(29(27)49-32)19-7-11-46(12-8-19)16-28-42-24-14-25(30-43-31(45-44-30)34(37,38)39)41-15-26(24)47(28)18-33(17-40)9-10-33/h2-6,13-15,19H,7-12,16,18H2,1H3,(H,43,44,45)/t32-/m0/s1. The van der Waals surface area contributed by atoms with E-state index in [1.165, 1.54) is 6.07 Å². The van der Waals surface area contributed by atoms with Gasteiger partial charge in [0.2, 0.25) is 5.82 Å². The number of piperidine rings is 1. The lowest BCUT2D eigenvalue weighted by Crippen LogP contribution is -2.34. The highest BCUT2D eigenvalue weighted by molar-refractivity contribution is 6.30. The highest BCUT2D eigenvalue weighted by Gasteiger charge is 2.45. The van der Waals surface area contributed by atoms with Crippen LogP contribution in [0.2, 0.25) is 5.02 Å². The van der Waals surface area contributed by atoms with Crippen LogP contribution in [-0.2, 0) is 25.1 Å². The Hall–Kier alpha value is -4.74. The molecular weight excluding hydrogens is 664 g/mol. The fourth-order valence-corrected chi connectivity index (χ4v) is 6.96. The van der Waals surface area contributed by atoms with E-state index < -0.39 is 29.0 Å². The second-order valence-corrected chi connectivity index (χ2v) is 13.5. The molecule has 1 saturated heterocycles. The van der Waals surface area contributed by atoms with Gasteiger partial charge in [-0.05, 0) is 75.0 Å². The largest absolute Gasteiger partial charge is 0.451 e. The number of hydrogen-bond acceptors (Lipinski definition) is 8. The molecule has 0 spiro atoms. The molecule has 1 saturated carbocycles. The van der Waals surface area contributed by atoms with E-state index in [0.29, 0.717) is 35.6 Å². The van der Waals surface area contributed by atoms with Crippen LogP contribution < -0.4 is 9.47 Å². The van der Waals surface area contributed by atoms with Crippen molar-refractivity contribution in [2.75, 3.05) is 13.1 Å². The highest BCUT2D eigenvalue weighted by atomic mass is 35.5. The number of ether oxygens (including phenoxy) is 2. The summed E-state index contributed by atoms with van der Waals surface area (Å²) >= 11 is 5.97. The summed E-state index contributed by atoms with van der Waals surface area (Å²) in [6.07, 6.45) is 0.133. The number of rotatable bonds is 7. The Labute approximate surface area is 282 Å². The van der Waals surface area contributed by atoms with Crippen molar-refractivity contribution < 1.29 is 27.0 Å². The van der Waals surface area contributed by atoms with E-state index >= 15 is 0 Å². The summed E-state index contributed by atoms with van der Waals surface area (Å²) in [6, 6.07) is 14.2. The zero-order valence-corrected chi connectivity index (χ0v) is 26.9. The van der Waals surface area contributed by atoms with Crippen molar-refractivity contribution in [3.63, 3.8) is 0 Å². The summed E-state index contributed by atoms with van der Waals surface area (Å²) < 4.78 is 68.8. The van der Waals surface area contributed by atoms with Crippen molar-refractivity contribution in [3.8, 4) is 29.1 Å². The number of halogens is 5. The Morgan fingerprint density at radius 3 is 2.59 bits per heavy atom. The van der Waals surface area contributed by atoms with Crippen LogP contribution in [0.25, 0.3) is 22.6 Å². The molecular formula is C34H29ClF4N8O2.